The molecule has 1 aromatic rings. The van der Waals surface area contributed by atoms with Crippen LogP contribution in [0, 0.1) is 0 Å². The van der Waals surface area contributed by atoms with E-state index < -0.39 is 0 Å². The van der Waals surface area contributed by atoms with Crippen LogP contribution in [0.4, 0.5) is 5.82 Å². The molecule has 0 saturated heterocycles. The van der Waals surface area contributed by atoms with Crippen molar-refractivity contribution in [3.63, 3.8) is 0 Å². The van der Waals surface area contributed by atoms with Gasteiger partial charge in [0, 0.05) is 32.7 Å². The maximum absolute atomic E-state index is 12.0. The Kier molecular flexibility index (Phi) is 3.75. The van der Waals surface area contributed by atoms with E-state index >= 15 is 0 Å². The molecule has 0 aliphatic heterocycles. The molecule has 1 heterocycles. The number of nitrogens with one attached hydrogen (secondary N) is 1. The van der Waals surface area contributed by atoms with Crippen LogP contribution >= 0.6 is 0 Å². The molecule has 0 spiro atoms. The fourth-order valence-electron chi connectivity index (χ4n) is 1.63. The number of hydrogen-bond donors (Lipinski definition) is 1. The van der Waals surface area contributed by atoms with Crippen molar-refractivity contribution in [2.75, 3.05) is 26.1 Å². The van der Waals surface area contributed by atoms with Gasteiger partial charge in [-0.15, -0.1) is 0 Å². The zero-order chi connectivity index (χ0) is 12.3. The molecule has 0 aromatic carbocycles. The number of methoxy groups -OCH3 is 2. The summed E-state index contributed by atoms with van der Waals surface area (Å²) in [6.07, 6.45) is 5.13. The van der Waals surface area contributed by atoms with Crippen LogP contribution in [0.3, 0.4) is 0 Å². The van der Waals surface area contributed by atoms with E-state index in [0.29, 0.717) is 18.4 Å². The van der Waals surface area contributed by atoms with E-state index in [1.54, 1.807) is 31.2 Å². The molecule has 1 aliphatic carbocycles. The van der Waals surface area contributed by atoms with E-state index in [9.17, 15) is 4.79 Å². The predicted octanol–water partition coefficient (Wildman–Crippen LogP) is 0.609. The van der Waals surface area contributed by atoms with Gasteiger partial charge in [-0.1, -0.05) is 0 Å². The molecular formula is C11H17N3O3. The Balaban J connectivity index is 2.05. The smallest absolute Gasteiger partial charge is 0.293 e. The molecule has 1 aromatic heterocycles. The lowest BCUT2D eigenvalue weighted by Crippen LogP contribution is -2.29. The molecule has 0 atom stereocenters. The van der Waals surface area contributed by atoms with Crippen LogP contribution in [0.2, 0.25) is 0 Å². The number of rotatable bonds is 6. The normalized spacial score (nSPS) is 15.2. The lowest BCUT2D eigenvalue weighted by Gasteiger charge is -2.14. The van der Waals surface area contributed by atoms with Gasteiger partial charge < -0.3 is 19.4 Å². The molecule has 0 amide bonds. The van der Waals surface area contributed by atoms with Crippen LogP contribution in [-0.2, 0) is 9.47 Å². The van der Waals surface area contributed by atoms with E-state index in [1.165, 1.54) is 0 Å². The zero-order valence-electron chi connectivity index (χ0n) is 10.0. The third-order valence-corrected chi connectivity index (χ3v) is 2.77. The Morgan fingerprint density at radius 2 is 2.24 bits per heavy atom. The molecule has 6 nitrogen and oxygen atoms in total. The van der Waals surface area contributed by atoms with Crippen LogP contribution in [0.25, 0.3) is 0 Å². The predicted molar refractivity (Wildman–Crippen MR) is 63.1 cm³/mol. The lowest BCUT2D eigenvalue weighted by atomic mass is 10.5. The summed E-state index contributed by atoms with van der Waals surface area (Å²) in [5.74, 6) is 0.346. The fraction of sp³-hybridized carbons (Fsp3) is 0.636. The molecule has 0 radical (unpaired) electrons. The number of anilines is 1. The molecule has 0 unspecified atom stereocenters. The Bertz CT molecular complexity index is 424. The standard InChI is InChI=1S/C11H17N3O3/c1-16-9(17-2)7-13-10-11(15)14(6-5-12-10)8-3-4-8/h5-6,8-9H,3-4,7H2,1-2H3,(H,12,13). The summed E-state index contributed by atoms with van der Waals surface area (Å²) in [5, 5.41) is 2.94. The van der Waals surface area contributed by atoms with Crippen molar-refractivity contribution < 1.29 is 9.47 Å². The van der Waals surface area contributed by atoms with Gasteiger partial charge in [0.2, 0.25) is 0 Å². The first kappa shape index (κ1) is 12.1. The van der Waals surface area contributed by atoms with Crippen molar-refractivity contribution >= 4 is 5.82 Å². The summed E-state index contributed by atoms with van der Waals surface area (Å²) < 4.78 is 11.8. The Morgan fingerprint density at radius 1 is 1.53 bits per heavy atom. The highest BCUT2D eigenvalue weighted by Crippen LogP contribution is 2.33. The second-order valence-corrected chi connectivity index (χ2v) is 4.00. The second kappa shape index (κ2) is 5.29. The Morgan fingerprint density at radius 3 is 2.82 bits per heavy atom. The highest BCUT2D eigenvalue weighted by Gasteiger charge is 2.25. The summed E-state index contributed by atoms with van der Waals surface area (Å²) in [6.45, 7) is 0.393. The van der Waals surface area contributed by atoms with E-state index in [2.05, 4.69) is 10.3 Å². The first-order chi connectivity index (χ1) is 8.26. The summed E-state index contributed by atoms with van der Waals surface area (Å²) in [6, 6.07) is 0.353. The minimum absolute atomic E-state index is 0.0824. The minimum atomic E-state index is -0.384. The van der Waals surface area contributed by atoms with E-state index in [-0.39, 0.29) is 11.8 Å². The molecular weight excluding hydrogens is 222 g/mol. The van der Waals surface area contributed by atoms with Crippen molar-refractivity contribution in [3.05, 3.63) is 22.7 Å². The van der Waals surface area contributed by atoms with Crippen LogP contribution < -0.4 is 10.9 Å². The molecule has 1 N–H and O–H groups in total. The van der Waals surface area contributed by atoms with Gasteiger partial charge in [0.25, 0.3) is 5.56 Å². The van der Waals surface area contributed by atoms with Crippen molar-refractivity contribution in [1.29, 1.82) is 0 Å². The Labute approximate surface area is 99.6 Å². The van der Waals surface area contributed by atoms with Crippen LogP contribution in [0.1, 0.15) is 18.9 Å². The fourth-order valence-corrected chi connectivity index (χ4v) is 1.63. The monoisotopic (exact) mass is 239 g/mol. The minimum Gasteiger partial charge on any atom is -0.360 e. The van der Waals surface area contributed by atoms with Crippen molar-refractivity contribution in [3.8, 4) is 0 Å². The van der Waals surface area contributed by atoms with Gasteiger partial charge in [-0.3, -0.25) is 4.79 Å². The largest absolute Gasteiger partial charge is 0.360 e. The second-order valence-electron chi connectivity index (χ2n) is 4.00. The summed E-state index contributed by atoms with van der Waals surface area (Å²) in [4.78, 5) is 16.0. The van der Waals surface area contributed by atoms with Crippen molar-refractivity contribution in [2.24, 2.45) is 0 Å². The number of aromatic nitrogens is 2. The molecule has 17 heavy (non-hydrogen) atoms. The van der Waals surface area contributed by atoms with Crippen molar-refractivity contribution in [1.82, 2.24) is 9.55 Å². The van der Waals surface area contributed by atoms with Crippen molar-refractivity contribution in [2.45, 2.75) is 25.2 Å². The Hall–Kier alpha value is -1.40. The topological polar surface area (TPSA) is 65.4 Å². The SMILES string of the molecule is COC(CNc1nccn(C2CC2)c1=O)OC. The first-order valence-corrected chi connectivity index (χ1v) is 5.63. The molecule has 2 rings (SSSR count). The van der Waals surface area contributed by atoms with Gasteiger partial charge in [0.15, 0.2) is 12.1 Å². The van der Waals surface area contributed by atoms with Gasteiger partial charge in [-0.05, 0) is 12.8 Å². The summed E-state index contributed by atoms with van der Waals surface area (Å²) >= 11 is 0. The van der Waals surface area contributed by atoms with Crippen LogP contribution in [0.15, 0.2) is 17.2 Å². The van der Waals surface area contributed by atoms with E-state index in [0.717, 1.165) is 12.8 Å². The quantitative estimate of drug-likeness (QED) is 0.737. The first-order valence-electron chi connectivity index (χ1n) is 5.63. The summed E-state index contributed by atoms with van der Waals surface area (Å²) in [7, 11) is 3.10. The number of ether oxygens (including phenoxy) is 2. The molecule has 1 aliphatic rings. The molecule has 1 fully saturated rings. The van der Waals surface area contributed by atoms with Crippen LogP contribution in [0.5, 0.6) is 0 Å². The molecule has 1 saturated carbocycles. The highest BCUT2D eigenvalue weighted by molar-refractivity contribution is 5.31. The lowest BCUT2D eigenvalue weighted by molar-refractivity contribution is -0.0914. The van der Waals surface area contributed by atoms with Crippen LogP contribution in [-0.4, -0.2) is 36.6 Å². The van der Waals surface area contributed by atoms with Gasteiger partial charge >= 0.3 is 0 Å². The zero-order valence-corrected chi connectivity index (χ0v) is 10.0. The number of hydrogen-bond acceptors (Lipinski definition) is 5. The van der Waals surface area contributed by atoms with Gasteiger partial charge in [-0.2, -0.15) is 0 Å². The summed E-state index contributed by atoms with van der Waals surface area (Å²) in [5.41, 5.74) is -0.0824. The number of nitrogens with zero attached hydrogens (tertiary/aromatic N) is 2. The average molecular weight is 239 g/mol. The van der Waals surface area contributed by atoms with Gasteiger partial charge in [0.05, 0.1) is 6.54 Å². The maximum Gasteiger partial charge on any atom is 0.293 e. The average Bonchev–Trinajstić information content (AvgIpc) is 3.16. The van der Waals surface area contributed by atoms with Gasteiger partial charge in [0.1, 0.15) is 0 Å². The van der Waals surface area contributed by atoms with E-state index in [1.807, 2.05) is 0 Å². The molecule has 94 valence electrons. The third kappa shape index (κ3) is 2.83. The maximum atomic E-state index is 12.0. The van der Waals surface area contributed by atoms with Gasteiger partial charge in [-0.25, -0.2) is 4.98 Å². The third-order valence-electron chi connectivity index (χ3n) is 2.77. The van der Waals surface area contributed by atoms with E-state index in [4.69, 9.17) is 9.47 Å². The molecule has 6 heteroatoms. The molecule has 0 bridgehead atoms. The highest BCUT2D eigenvalue weighted by atomic mass is 16.7.